The van der Waals surface area contributed by atoms with E-state index >= 15 is 0 Å². The van der Waals surface area contributed by atoms with Crippen LogP contribution in [-0.2, 0) is 0 Å². The molecule has 5 heteroatoms. The molecule has 0 bridgehead atoms. The number of nitrogens with zero attached hydrogens (tertiary/aromatic N) is 1. The maximum Gasteiger partial charge on any atom is 0.257 e. The molecule has 0 aromatic heterocycles. The summed E-state index contributed by atoms with van der Waals surface area (Å²) >= 11 is 0. The number of halogens is 2. The molecule has 0 aliphatic heterocycles. The molecule has 1 saturated carbocycles. The van der Waals surface area contributed by atoms with E-state index in [1.807, 2.05) is 13.8 Å². The Morgan fingerprint density at radius 1 is 1.42 bits per heavy atom. The summed E-state index contributed by atoms with van der Waals surface area (Å²) < 4.78 is 27.2. The summed E-state index contributed by atoms with van der Waals surface area (Å²) in [6.07, 6.45) is 2.18. The average Bonchev–Trinajstić information content (AvgIpc) is 3.13. The number of nitrogen functional groups attached to an aromatic ring is 1. The predicted octanol–water partition coefficient (Wildman–Crippen LogP) is 2.81. The van der Waals surface area contributed by atoms with Gasteiger partial charge < -0.3 is 10.6 Å². The highest BCUT2D eigenvalue weighted by molar-refractivity contribution is 5.95. The standard InChI is InChI=1S/C14H18F2N2O/c1-8(2)18(7-9-3-4-9)14(19)11-5-10(15)6-12(17)13(11)16/h5-6,8-9H,3-4,7,17H2,1-2H3. The summed E-state index contributed by atoms with van der Waals surface area (Å²) in [5.41, 5.74) is 4.74. The lowest BCUT2D eigenvalue weighted by Crippen LogP contribution is -2.39. The number of rotatable bonds is 4. The van der Waals surface area contributed by atoms with Gasteiger partial charge in [0.2, 0.25) is 0 Å². The Labute approximate surface area is 111 Å². The molecule has 0 unspecified atom stereocenters. The Kier molecular flexibility index (Phi) is 3.73. The minimum atomic E-state index is -0.840. The molecule has 1 fully saturated rings. The van der Waals surface area contributed by atoms with Crippen LogP contribution in [0.3, 0.4) is 0 Å². The smallest absolute Gasteiger partial charge is 0.257 e. The molecule has 0 atom stereocenters. The van der Waals surface area contributed by atoms with E-state index in [1.54, 1.807) is 4.90 Å². The Balaban J connectivity index is 2.30. The minimum Gasteiger partial charge on any atom is -0.396 e. The zero-order valence-electron chi connectivity index (χ0n) is 11.1. The van der Waals surface area contributed by atoms with Crippen molar-refractivity contribution in [2.45, 2.75) is 32.7 Å². The number of carbonyl (C=O) groups is 1. The maximum atomic E-state index is 13.9. The van der Waals surface area contributed by atoms with Gasteiger partial charge in [-0.05, 0) is 44.7 Å². The van der Waals surface area contributed by atoms with Crippen molar-refractivity contribution in [3.63, 3.8) is 0 Å². The van der Waals surface area contributed by atoms with Crippen molar-refractivity contribution in [3.8, 4) is 0 Å². The van der Waals surface area contributed by atoms with Crippen LogP contribution < -0.4 is 5.73 Å². The van der Waals surface area contributed by atoms with Crippen molar-refractivity contribution in [1.82, 2.24) is 4.90 Å². The van der Waals surface area contributed by atoms with Gasteiger partial charge in [0.1, 0.15) is 5.82 Å². The third-order valence-corrected chi connectivity index (χ3v) is 3.33. The maximum absolute atomic E-state index is 13.9. The second kappa shape index (κ2) is 5.15. The Morgan fingerprint density at radius 3 is 2.58 bits per heavy atom. The monoisotopic (exact) mass is 268 g/mol. The van der Waals surface area contributed by atoms with E-state index in [0.29, 0.717) is 12.5 Å². The fourth-order valence-corrected chi connectivity index (χ4v) is 2.03. The Morgan fingerprint density at radius 2 is 2.05 bits per heavy atom. The van der Waals surface area contributed by atoms with Crippen molar-refractivity contribution in [2.75, 3.05) is 12.3 Å². The number of nitrogens with two attached hydrogens (primary N) is 1. The van der Waals surface area contributed by atoms with Crippen molar-refractivity contribution in [1.29, 1.82) is 0 Å². The first-order chi connectivity index (χ1) is 8.90. The summed E-state index contributed by atoms with van der Waals surface area (Å²) in [5, 5.41) is 0. The number of hydrogen-bond donors (Lipinski definition) is 1. The lowest BCUT2D eigenvalue weighted by molar-refractivity contribution is 0.0691. The molecule has 3 nitrogen and oxygen atoms in total. The minimum absolute atomic E-state index is 0.0583. The van der Waals surface area contributed by atoms with Crippen LogP contribution in [0.5, 0.6) is 0 Å². The Hall–Kier alpha value is -1.65. The first-order valence-corrected chi connectivity index (χ1v) is 6.45. The van der Waals surface area contributed by atoms with Crippen molar-refractivity contribution >= 4 is 11.6 Å². The summed E-state index contributed by atoms with van der Waals surface area (Å²) in [6, 6.07) is 1.74. The van der Waals surface area contributed by atoms with Gasteiger partial charge in [0.25, 0.3) is 5.91 Å². The predicted molar refractivity (Wildman–Crippen MR) is 69.7 cm³/mol. The van der Waals surface area contributed by atoms with Crippen molar-refractivity contribution in [3.05, 3.63) is 29.3 Å². The van der Waals surface area contributed by atoms with Gasteiger partial charge in [-0.3, -0.25) is 4.79 Å². The van der Waals surface area contributed by atoms with Crippen LogP contribution in [0.1, 0.15) is 37.0 Å². The van der Waals surface area contributed by atoms with E-state index in [9.17, 15) is 13.6 Å². The molecular formula is C14H18F2N2O. The van der Waals surface area contributed by atoms with Gasteiger partial charge in [0.05, 0.1) is 11.3 Å². The molecule has 19 heavy (non-hydrogen) atoms. The molecule has 1 amide bonds. The van der Waals surface area contributed by atoms with Crippen LogP contribution in [0.15, 0.2) is 12.1 Å². The van der Waals surface area contributed by atoms with Gasteiger partial charge in [0.15, 0.2) is 5.82 Å². The number of benzene rings is 1. The van der Waals surface area contributed by atoms with E-state index in [1.165, 1.54) is 0 Å². The molecule has 1 aliphatic rings. The third-order valence-electron chi connectivity index (χ3n) is 3.33. The molecule has 0 saturated heterocycles. The molecule has 104 valence electrons. The van der Waals surface area contributed by atoms with Gasteiger partial charge in [-0.1, -0.05) is 0 Å². The molecule has 1 aromatic carbocycles. The largest absolute Gasteiger partial charge is 0.396 e. The molecular weight excluding hydrogens is 250 g/mol. The van der Waals surface area contributed by atoms with Gasteiger partial charge in [0, 0.05) is 12.6 Å². The van der Waals surface area contributed by atoms with Crippen molar-refractivity contribution in [2.24, 2.45) is 5.92 Å². The van der Waals surface area contributed by atoms with Gasteiger partial charge in [-0.25, -0.2) is 8.78 Å². The molecule has 1 aliphatic carbocycles. The fourth-order valence-electron chi connectivity index (χ4n) is 2.03. The molecule has 2 rings (SSSR count). The van der Waals surface area contributed by atoms with E-state index < -0.39 is 17.5 Å². The first kappa shape index (κ1) is 13.8. The fraction of sp³-hybridized carbons (Fsp3) is 0.500. The summed E-state index contributed by atoms with van der Waals surface area (Å²) in [7, 11) is 0. The topological polar surface area (TPSA) is 46.3 Å². The molecule has 0 radical (unpaired) electrons. The van der Waals surface area contributed by atoms with E-state index in [2.05, 4.69) is 0 Å². The van der Waals surface area contributed by atoms with Gasteiger partial charge in [-0.2, -0.15) is 0 Å². The Bertz CT molecular complexity index is 498. The lowest BCUT2D eigenvalue weighted by atomic mass is 10.1. The summed E-state index contributed by atoms with van der Waals surface area (Å²) in [6.45, 7) is 4.31. The number of anilines is 1. The second-order valence-corrected chi connectivity index (χ2v) is 5.35. The van der Waals surface area contributed by atoms with Gasteiger partial charge in [-0.15, -0.1) is 0 Å². The zero-order chi connectivity index (χ0) is 14.2. The van der Waals surface area contributed by atoms with Crippen LogP contribution in [-0.4, -0.2) is 23.4 Å². The van der Waals surface area contributed by atoms with Crippen LogP contribution in [0.2, 0.25) is 0 Å². The van der Waals surface area contributed by atoms with Gasteiger partial charge >= 0.3 is 0 Å². The quantitative estimate of drug-likeness (QED) is 0.853. The summed E-state index contributed by atoms with van der Waals surface area (Å²) in [5.74, 6) is -1.55. The highest BCUT2D eigenvalue weighted by Gasteiger charge is 2.30. The number of carbonyl (C=O) groups excluding carboxylic acids is 1. The first-order valence-electron chi connectivity index (χ1n) is 6.45. The molecule has 2 N–H and O–H groups in total. The number of hydrogen-bond acceptors (Lipinski definition) is 2. The number of amides is 1. The van der Waals surface area contributed by atoms with E-state index in [-0.39, 0.29) is 17.3 Å². The van der Waals surface area contributed by atoms with E-state index in [0.717, 1.165) is 25.0 Å². The van der Waals surface area contributed by atoms with Crippen LogP contribution in [0, 0.1) is 17.6 Å². The summed E-state index contributed by atoms with van der Waals surface area (Å²) in [4.78, 5) is 13.9. The lowest BCUT2D eigenvalue weighted by Gasteiger charge is -2.27. The van der Waals surface area contributed by atoms with Crippen LogP contribution in [0.4, 0.5) is 14.5 Å². The molecule has 0 heterocycles. The molecule has 0 spiro atoms. The highest BCUT2D eigenvalue weighted by atomic mass is 19.1. The second-order valence-electron chi connectivity index (χ2n) is 5.35. The van der Waals surface area contributed by atoms with E-state index in [4.69, 9.17) is 5.73 Å². The highest BCUT2D eigenvalue weighted by Crippen LogP contribution is 2.31. The normalized spacial score (nSPS) is 14.8. The average molecular weight is 268 g/mol. The molecule has 1 aromatic rings. The third kappa shape index (κ3) is 3.03. The zero-order valence-corrected chi connectivity index (χ0v) is 11.1. The SMILES string of the molecule is CC(C)N(CC1CC1)C(=O)c1cc(F)cc(N)c1F. The van der Waals surface area contributed by atoms with Crippen LogP contribution >= 0.6 is 0 Å². The van der Waals surface area contributed by atoms with Crippen molar-refractivity contribution < 1.29 is 13.6 Å². The van der Waals surface area contributed by atoms with Crippen LogP contribution in [0.25, 0.3) is 0 Å².